The van der Waals surface area contributed by atoms with E-state index in [9.17, 15) is 0 Å². The van der Waals surface area contributed by atoms with E-state index in [1.807, 2.05) is 0 Å². The molecule has 1 nitrogen and oxygen atoms in total. The average Bonchev–Trinajstić information content (AvgIpc) is 2.23. The molecule has 3 heteroatoms. The lowest BCUT2D eigenvalue weighted by atomic mass is 10.0. The van der Waals surface area contributed by atoms with E-state index in [4.69, 9.17) is 0 Å². The first kappa shape index (κ1) is 8.52. The minimum atomic E-state index is 0.659. The molecular weight excluding hydrogens is 270 g/mol. The fourth-order valence-electron chi connectivity index (χ4n) is 2.34. The van der Waals surface area contributed by atoms with Gasteiger partial charge in [0.1, 0.15) is 0 Å². The minimum Gasteiger partial charge on any atom is -0.299 e. The normalized spacial score (nSPS) is 51.5. The predicted octanol–water partition coefficient (Wildman–Crippen LogP) is 2.38. The van der Waals surface area contributed by atoms with Crippen LogP contribution in [0.5, 0.6) is 0 Å². The van der Waals surface area contributed by atoms with Gasteiger partial charge < -0.3 is 0 Å². The Morgan fingerprint density at radius 1 is 1.27 bits per heavy atom. The van der Waals surface area contributed by atoms with Crippen LogP contribution in [0.3, 0.4) is 0 Å². The van der Waals surface area contributed by atoms with Crippen molar-refractivity contribution in [1.82, 2.24) is 4.90 Å². The highest BCUT2D eigenvalue weighted by atomic mass is 79.9. The molecule has 2 aliphatic heterocycles. The summed E-state index contributed by atoms with van der Waals surface area (Å²) in [4.78, 5) is 3.89. The lowest BCUT2D eigenvalue weighted by Crippen LogP contribution is -2.47. The molecule has 2 bridgehead atoms. The van der Waals surface area contributed by atoms with Gasteiger partial charge in [0.25, 0.3) is 0 Å². The predicted molar refractivity (Wildman–Crippen MR) is 54.6 cm³/mol. The Morgan fingerprint density at radius 2 is 2.00 bits per heavy atom. The molecule has 0 saturated carbocycles. The third kappa shape index (κ3) is 1.29. The van der Waals surface area contributed by atoms with Gasteiger partial charge in [-0.15, -0.1) is 0 Å². The zero-order valence-corrected chi connectivity index (χ0v) is 9.81. The SMILES string of the molecule is CN1[C@H]2CC[C@H]1[C@@H](Br)[C@H](Br)C2. The number of halogens is 2. The number of piperidine rings is 1. The molecule has 64 valence electrons. The maximum Gasteiger partial charge on any atom is 0.0427 e. The summed E-state index contributed by atoms with van der Waals surface area (Å²) in [6.07, 6.45) is 4.08. The quantitative estimate of drug-likeness (QED) is 0.617. The smallest absolute Gasteiger partial charge is 0.0427 e. The van der Waals surface area contributed by atoms with Gasteiger partial charge in [-0.25, -0.2) is 0 Å². The standard InChI is InChI=1S/C8H13Br2N/c1-11-5-2-3-7(11)8(10)6(9)4-5/h5-8H,2-4H2,1H3/t5-,6+,7-,8-/m0/s1. The van der Waals surface area contributed by atoms with Crippen LogP contribution in [0.25, 0.3) is 0 Å². The number of alkyl halides is 2. The van der Waals surface area contributed by atoms with E-state index in [-0.39, 0.29) is 0 Å². The lowest BCUT2D eigenvalue weighted by Gasteiger charge is -2.37. The van der Waals surface area contributed by atoms with E-state index in [0.717, 1.165) is 12.1 Å². The van der Waals surface area contributed by atoms with Gasteiger partial charge >= 0.3 is 0 Å². The molecule has 0 N–H and O–H groups in total. The Bertz CT molecular complexity index is 162. The van der Waals surface area contributed by atoms with Gasteiger partial charge in [0.2, 0.25) is 0 Å². The highest BCUT2D eigenvalue weighted by Gasteiger charge is 2.43. The van der Waals surface area contributed by atoms with Gasteiger partial charge in [0.05, 0.1) is 0 Å². The first-order valence-corrected chi connectivity index (χ1v) is 6.03. The second-order valence-electron chi connectivity index (χ2n) is 3.66. The molecule has 2 fully saturated rings. The van der Waals surface area contributed by atoms with Crippen molar-refractivity contribution in [3.05, 3.63) is 0 Å². The summed E-state index contributed by atoms with van der Waals surface area (Å²) in [5.41, 5.74) is 0. The summed E-state index contributed by atoms with van der Waals surface area (Å²) in [5, 5.41) is 0. The molecule has 0 aromatic carbocycles. The molecule has 0 radical (unpaired) electrons. The summed E-state index contributed by atoms with van der Waals surface area (Å²) in [5.74, 6) is 0. The van der Waals surface area contributed by atoms with Crippen LogP contribution in [0.4, 0.5) is 0 Å². The highest BCUT2D eigenvalue weighted by Crippen LogP contribution is 2.40. The minimum absolute atomic E-state index is 0.659. The number of fused-ring (bicyclic) bond motifs is 2. The summed E-state index contributed by atoms with van der Waals surface area (Å²) in [6, 6.07) is 1.62. The molecule has 2 aliphatic rings. The molecule has 2 rings (SSSR count). The van der Waals surface area contributed by atoms with Gasteiger partial charge in [-0.05, 0) is 26.3 Å². The van der Waals surface area contributed by atoms with E-state index >= 15 is 0 Å². The Hall–Kier alpha value is 0.920. The van der Waals surface area contributed by atoms with Crippen molar-refractivity contribution in [2.45, 2.75) is 41.0 Å². The molecule has 0 amide bonds. The van der Waals surface area contributed by atoms with Crippen LogP contribution >= 0.6 is 31.9 Å². The van der Waals surface area contributed by atoms with Gasteiger partial charge in [-0.1, -0.05) is 31.9 Å². The van der Waals surface area contributed by atoms with Crippen LogP contribution in [-0.4, -0.2) is 33.7 Å². The Kier molecular flexibility index (Phi) is 2.32. The van der Waals surface area contributed by atoms with E-state index in [2.05, 4.69) is 43.8 Å². The maximum atomic E-state index is 3.76. The molecule has 2 heterocycles. The fourth-order valence-corrected chi connectivity index (χ4v) is 3.98. The van der Waals surface area contributed by atoms with Gasteiger partial charge in [-0.3, -0.25) is 4.90 Å². The Balaban J connectivity index is 2.16. The van der Waals surface area contributed by atoms with Crippen molar-refractivity contribution in [2.75, 3.05) is 7.05 Å². The number of hydrogen-bond donors (Lipinski definition) is 0. The first-order valence-electron chi connectivity index (χ1n) is 4.20. The zero-order chi connectivity index (χ0) is 8.01. The van der Waals surface area contributed by atoms with Crippen LogP contribution in [0.15, 0.2) is 0 Å². The second kappa shape index (κ2) is 3.00. The lowest BCUT2D eigenvalue weighted by molar-refractivity contribution is 0.192. The van der Waals surface area contributed by atoms with Crippen molar-refractivity contribution >= 4 is 31.9 Å². The van der Waals surface area contributed by atoms with Crippen LogP contribution in [0.2, 0.25) is 0 Å². The maximum absolute atomic E-state index is 3.76. The van der Waals surface area contributed by atoms with Gasteiger partial charge in [-0.2, -0.15) is 0 Å². The van der Waals surface area contributed by atoms with Crippen LogP contribution < -0.4 is 0 Å². The van der Waals surface area contributed by atoms with E-state index < -0.39 is 0 Å². The molecule has 0 aromatic heterocycles. The van der Waals surface area contributed by atoms with Crippen molar-refractivity contribution in [3.8, 4) is 0 Å². The van der Waals surface area contributed by atoms with Crippen LogP contribution in [0.1, 0.15) is 19.3 Å². The molecule has 0 spiro atoms. The van der Waals surface area contributed by atoms with Crippen LogP contribution in [0, 0.1) is 0 Å². The van der Waals surface area contributed by atoms with E-state index in [1.54, 1.807) is 0 Å². The van der Waals surface area contributed by atoms with Crippen molar-refractivity contribution in [1.29, 1.82) is 0 Å². The third-order valence-electron chi connectivity index (χ3n) is 3.11. The molecule has 0 unspecified atom stereocenters. The Labute approximate surface area is 84.8 Å². The van der Waals surface area contributed by atoms with Crippen molar-refractivity contribution < 1.29 is 0 Å². The molecule has 2 saturated heterocycles. The largest absolute Gasteiger partial charge is 0.299 e. The van der Waals surface area contributed by atoms with E-state index in [0.29, 0.717) is 9.65 Å². The summed E-state index contributed by atoms with van der Waals surface area (Å²) in [7, 11) is 2.26. The summed E-state index contributed by atoms with van der Waals surface area (Å²) < 4.78 is 0. The highest BCUT2D eigenvalue weighted by molar-refractivity contribution is 9.12. The Morgan fingerprint density at radius 3 is 2.73 bits per heavy atom. The molecular formula is C8H13Br2N. The van der Waals surface area contributed by atoms with Crippen molar-refractivity contribution in [3.63, 3.8) is 0 Å². The van der Waals surface area contributed by atoms with Gasteiger partial charge in [0.15, 0.2) is 0 Å². The van der Waals surface area contributed by atoms with Gasteiger partial charge in [0, 0.05) is 21.7 Å². The topological polar surface area (TPSA) is 3.24 Å². The molecule has 0 aliphatic carbocycles. The van der Waals surface area contributed by atoms with Crippen molar-refractivity contribution in [2.24, 2.45) is 0 Å². The monoisotopic (exact) mass is 281 g/mol. The second-order valence-corrected chi connectivity index (χ2v) is 5.89. The number of hydrogen-bond acceptors (Lipinski definition) is 1. The number of nitrogens with zero attached hydrogens (tertiary/aromatic N) is 1. The average molecular weight is 283 g/mol. The molecule has 11 heavy (non-hydrogen) atoms. The molecule has 0 aromatic rings. The fraction of sp³-hybridized carbons (Fsp3) is 1.00. The van der Waals surface area contributed by atoms with Crippen LogP contribution in [-0.2, 0) is 0 Å². The third-order valence-corrected chi connectivity index (χ3v) is 6.01. The first-order chi connectivity index (χ1) is 5.20. The number of rotatable bonds is 0. The van der Waals surface area contributed by atoms with E-state index in [1.165, 1.54) is 19.3 Å². The molecule has 4 atom stereocenters. The zero-order valence-electron chi connectivity index (χ0n) is 6.63. The summed E-state index contributed by atoms with van der Waals surface area (Å²) in [6.45, 7) is 0. The summed E-state index contributed by atoms with van der Waals surface area (Å²) >= 11 is 7.49.